The third-order valence-electron chi connectivity index (χ3n) is 4.47. The van der Waals surface area contributed by atoms with Gasteiger partial charge in [-0.15, -0.1) is 0 Å². The smallest absolute Gasteiger partial charge is 0.265 e. The zero-order valence-corrected chi connectivity index (χ0v) is 16.7. The summed E-state index contributed by atoms with van der Waals surface area (Å²) in [5.41, 5.74) is 2.91. The topological polar surface area (TPSA) is 80.6 Å². The van der Waals surface area contributed by atoms with E-state index < -0.39 is 6.10 Å². The van der Waals surface area contributed by atoms with E-state index in [1.165, 1.54) is 0 Å². The van der Waals surface area contributed by atoms with Crippen LogP contribution in [0.25, 0.3) is 0 Å². The molecule has 1 heterocycles. The Morgan fingerprint density at radius 3 is 2.45 bits per heavy atom. The van der Waals surface area contributed by atoms with Crippen molar-refractivity contribution in [2.45, 2.75) is 33.4 Å². The molecule has 0 aliphatic rings. The Balaban J connectivity index is 1.61. The van der Waals surface area contributed by atoms with Gasteiger partial charge >= 0.3 is 0 Å². The maximum atomic E-state index is 12.6. The second-order valence-corrected chi connectivity index (χ2v) is 6.81. The summed E-state index contributed by atoms with van der Waals surface area (Å²) >= 11 is 0. The molecule has 0 bridgehead atoms. The third kappa shape index (κ3) is 5.25. The number of benzene rings is 2. The van der Waals surface area contributed by atoms with Crippen LogP contribution in [0.5, 0.6) is 5.75 Å². The molecule has 1 unspecified atom stereocenters. The number of furan rings is 1. The highest BCUT2D eigenvalue weighted by Gasteiger charge is 2.17. The minimum atomic E-state index is -0.689. The molecule has 1 atom stereocenters. The summed E-state index contributed by atoms with van der Waals surface area (Å²) < 4.78 is 11.1. The highest BCUT2D eigenvalue weighted by atomic mass is 16.5. The number of nitrogens with one attached hydrogen (secondary N) is 2. The largest absolute Gasteiger partial charge is 0.480 e. The monoisotopic (exact) mass is 392 g/mol. The van der Waals surface area contributed by atoms with E-state index in [-0.39, 0.29) is 11.8 Å². The molecule has 6 nitrogen and oxygen atoms in total. The average molecular weight is 392 g/mol. The Labute approximate surface area is 169 Å². The van der Waals surface area contributed by atoms with Gasteiger partial charge in [0.25, 0.3) is 11.8 Å². The minimum absolute atomic E-state index is 0.252. The van der Waals surface area contributed by atoms with Gasteiger partial charge in [-0.05, 0) is 62.2 Å². The summed E-state index contributed by atoms with van der Waals surface area (Å²) in [6, 6.07) is 16.1. The van der Waals surface area contributed by atoms with Gasteiger partial charge in [0.05, 0.1) is 12.8 Å². The van der Waals surface area contributed by atoms with Gasteiger partial charge in [-0.25, -0.2) is 0 Å². The van der Waals surface area contributed by atoms with E-state index in [4.69, 9.17) is 9.15 Å². The van der Waals surface area contributed by atoms with Crippen molar-refractivity contribution in [2.75, 3.05) is 5.32 Å². The van der Waals surface area contributed by atoms with E-state index in [9.17, 15) is 9.59 Å². The van der Waals surface area contributed by atoms with Gasteiger partial charge in [-0.2, -0.15) is 0 Å². The van der Waals surface area contributed by atoms with Gasteiger partial charge in [0.2, 0.25) is 0 Å². The van der Waals surface area contributed by atoms with Crippen molar-refractivity contribution >= 4 is 17.5 Å². The number of rotatable bonds is 7. The molecule has 0 saturated heterocycles. The van der Waals surface area contributed by atoms with Crippen LogP contribution >= 0.6 is 0 Å². The first-order valence-corrected chi connectivity index (χ1v) is 9.38. The Morgan fingerprint density at radius 2 is 1.76 bits per heavy atom. The molecule has 29 heavy (non-hydrogen) atoms. The maximum absolute atomic E-state index is 12.6. The SMILES string of the molecule is Cc1cccc(C)c1OC(C)C(=O)Nc1cccc(C(=O)NCc2ccco2)c1. The Kier molecular flexibility index (Phi) is 6.34. The summed E-state index contributed by atoms with van der Waals surface area (Å²) in [6.07, 6.45) is 0.866. The van der Waals surface area contributed by atoms with E-state index >= 15 is 0 Å². The van der Waals surface area contributed by atoms with E-state index in [0.717, 1.165) is 11.1 Å². The van der Waals surface area contributed by atoms with Crippen LogP contribution in [0, 0.1) is 13.8 Å². The molecular weight excluding hydrogens is 368 g/mol. The van der Waals surface area contributed by atoms with Crippen LogP contribution in [-0.2, 0) is 11.3 Å². The lowest BCUT2D eigenvalue weighted by Gasteiger charge is -2.18. The summed E-state index contributed by atoms with van der Waals surface area (Å²) in [6.45, 7) is 5.87. The molecule has 0 saturated carbocycles. The molecule has 0 aliphatic carbocycles. The molecule has 2 amide bonds. The average Bonchev–Trinajstić information content (AvgIpc) is 3.22. The molecule has 6 heteroatoms. The van der Waals surface area contributed by atoms with Crippen LogP contribution in [-0.4, -0.2) is 17.9 Å². The number of hydrogen-bond acceptors (Lipinski definition) is 4. The predicted octanol–water partition coefficient (Wildman–Crippen LogP) is 4.23. The van der Waals surface area contributed by atoms with E-state index in [0.29, 0.717) is 29.3 Å². The standard InChI is InChI=1S/C23H24N2O4/c1-15-7-4-8-16(2)21(15)29-17(3)22(26)25-19-10-5-9-18(13-19)23(27)24-14-20-11-6-12-28-20/h4-13,17H,14H2,1-3H3,(H,24,27)(H,25,26). The summed E-state index contributed by atoms with van der Waals surface area (Å²) in [5.74, 6) is 0.833. The quantitative estimate of drug-likeness (QED) is 0.630. The van der Waals surface area contributed by atoms with Crippen molar-refractivity contribution in [2.24, 2.45) is 0 Å². The van der Waals surface area contributed by atoms with Crippen molar-refractivity contribution in [3.8, 4) is 5.75 Å². The second-order valence-electron chi connectivity index (χ2n) is 6.81. The van der Waals surface area contributed by atoms with Crippen LogP contribution in [0.3, 0.4) is 0 Å². The molecule has 150 valence electrons. The van der Waals surface area contributed by atoms with Crippen LogP contribution in [0.1, 0.15) is 34.2 Å². The lowest BCUT2D eigenvalue weighted by atomic mass is 10.1. The number of anilines is 1. The highest BCUT2D eigenvalue weighted by Crippen LogP contribution is 2.24. The molecule has 0 fully saturated rings. The zero-order chi connectivity index (χ0) is 20.8. The fourth-order valence-corrected chi connectivity index (χ4v) is 2.88. The highest BCUT2D eigenvalue weighted by molar-refractivity contribution is 5.98. The lowest BCUT2D eigenvalue weighted by Crippen LogP contribution is -2.30. The number of carbonyl (C=O) groups is 2. The van der Waals surface area contributed by atoms with E-state index in [2.05, 4.69) is 10.6 Å². The number of amides is 2. The van der Waals surface area contributed by atoms with Gasteiger partial charge in [0.15, 0.2) is 6.10 Å². The van der Waals surface area contributed by atoms with Gasteiger partial charge in [0, 0.05) is 11.3 Å². The van der Waals surface area contributed by atoms with Gasteiger partial charge < -0.3 is 19.8 Å². The predicted molar refractivity (Wildman–Crippen MR) is 111 cm³/mol. The van der Waals surface area contributed by atoms with E-state index in [1.54, 1.807) is 49.6 Å². The molecule has 2 N–H and O–H groups in total. The number of ether oxygens (including phenoxy) is 1. The van der Waals surface area contributed by atoms with Crippen molar-refractivity contribution in [1.82, 2.24) is 5.32 Å². The molecule has 0 radical (unpaired) electrons. The molecule has 0 aliphatic heterocycles. The third-order valence-corrected chi connectivity index (χ3v) is 4.47. The Bertz CT molecular complexity index is 976. The van der Waals surface area contributed by atoms with Crippen molar-refractivity contribution in [3.63, 3.8) is 0 Å². The molecule has 3 rings (SSSR count). The normalized spacial score (nSPS) is 11.6. The Morgan fingerprint density at radius 1 is 1.03 bits per heavy atom. The first-order valence-electron chi connectivity index (χ1n) is 9.38. The van der Waals surface area contributed by atoms with Gasteiger partial charge in [-0.1, -0.05) is 24.3 Å². The first kappa shape index (κ1) is 20.2. The van der Waals surface area contributed by atoms with Crippen molar-refractivity contribution in [3.05, 3.63) is 83.3 Å². The second kappa shape index (κ2) is 9.10. The molecular formula is C23H24N2O4. The zero-order valence-electron chi connectivity index (χ0n) is 16.7. The molecule has 2 aromatic carbocycles. The number of para-hydroxylation sites is 1. The van der Waals surface area contributed by atoms with Gasteiger partial charge in [0.1, 0.15) is 11.5 Å². The van der Waals surface area contributed by atoms with Crippen LogP contribution in [0.15, 0.2) is 65.3 Å². The fourth-order valence-electron chi connectivity index (χ4n) is 2.88. The summed E-state index contributed by atoms with van der Waals surface area (Å²) in [7, 11) is 0. The maximum Gasteiger partial charge on any atom is 0.265 e. The molecule has 0 spiro atoms. The summed E-state index contributed by atoms with van der Waals surface area (Å²) in [4.78, 5) is 24.9. The number of carbonyl (C=O) groups excluding carboxylic acids is 2. The first-order chi connectivity index (χ1) is 13.9. The van der Waals surface area contributed by atoms with Crippen LogP contribution in [0.4, 0.5) is 5.69 Å². The minimum Gasteiger partial charge on any atom is -0.480 e. The van der Waals surface area contributed by atoms with Crippen molar-refractivity contribution in [1.29, 1.82) is 0 Å². The fraction of sp³-hybridized carbons (Fsp3) is 0.217. The lowest BCUT2D eigenvalue weighted by molar-refractivity contribution is -0.122. The van der Waals surface area contributed by atoms with Crippen LogP contribution < -0.4 is 15.4 Å². The number of aryl methyl sites for hydroxylation is 2. The molecule has 3 aromatic rings. The number of hydrogen-bond donors (Lipinski definition) is 2. The van der Waals surface area contributed by atoms with Crippen molar-refractivity contribution < 1.29 is 18.7 Å². The Hall–Kier alpha value is -3.54. The van der Waals surface area contributed by atoms with E-state index in [1.807, 2.05) is 32.0 Å². The summed E-state index contributed by atoms with van der Waals surface area (Å²) in [5, 5.41) is 5.58. The molecule has 1 aromatic heterocycles. The van der Waals surface area contributed by atoms with Crippen LogP contribution in [0.2, 0.25) is 0 Å². The van der Waals surface area contributed by atoms with Gasteiger partial charge in [-0.3, -0.25) is 9.59 Å².